The number of nitrogens with one attached hydrogen (secondary N) is 1. The van der Waals surface area contributed by atoms with E-state index < -0.39 is 6.10 Å². The highest BCUT2D eigenvalue weighted by atomic mass is 16.5. The van der Waals surface area contributed by atoms with Crippen molar-refractivity contribution in [3.63, 3.8) is 0 Å². The van der Waals surface area contributed by atoms with Crippen molar-refractivity contribution in [2.75, 3.05) is 40.0 Å². The summed E-state index contributed by atoms with van der Waals surface area (Å²) >= 11 is 0. The Morgan fingerprint density at radius 1 is 1.38 bits per heavy atom. The molecule has 0 aromatic heterocycles. The highest BCUT2D eigenvalue weighted by Crippen LogP contribution is 2.28. The molecule has 96 valence electrons. The number of hydrogen-bond donors (Lipinski definition) is 2. The molecule has 0 bridgehead atoms. The summed E-state index contributed by atoms with van der Waals surface area (Å²) in [5.74, 6) is 0.886. The lowest BCUT2D eigenvalue weighted by molar-refractivity contribution is 0.0271. The first kappa shape index (κ1) is 13.9. The van der Waals surface area contributed by atoms with Crippen LogP contribution in [-0.2, 0) is 9.47 Å². The van der Waals surface area contributed by atoms with E-state index in [-0.39, 0.29) is 0 Å². The average molecular weight is 231 g/mol. The maximum atomic E-state index is 9.56. The zero-order valence-corrected chi connectivity index (χ0v) is 10.3. The molecule has 0 aromatic rings. The molecule has 0 heterocycles. The summed E-state index contributed by atoms with van der Waals surface area (Å²) in [6.07, 6.45) is 4.87. The Morgan fingerprint density at radius 2 is 2.19 bits per heavy atom. The van der Waals surface area contributed by atoms with E-state index in [0.29, 0.717) is 19.8 Å². The molecule has 1 saturated carbocycles. The first-order valence-corrected chi connectivity index (χ1v) is 6.28. The predicted molar refractivity (Wildman–Crippen MR) is 63.5 cm³/mol. The Labute approximate surface area is 98.3 Å². The fourth-order valence-electron chi connectivity index (χ4n) is 1.75. The Morgan fingerprint density at radius 3 is 2.81 bits per heavy atom. The van der Waals surface area contributed by atoms with Crippen molar-refractivity contribution in [1.29, 1.82) is 0 Å². The molecule has 1 fully saturated rings. The number of aliphatic hydroxyl groups is 1. The Kier molecular flexibility index (Phi) is 7.76. The molecule has 1 rings (SSSR count). The van der Waals surface area contributed by atoms with Crippen LogP contribution in [0.4, 0.5) is 0 Å². The highest BCUT2D eigenvalue weighted by Gasteiger charge is 2.16. The van der Waals surface area contributed by atoms with Gasteiger partial charge in [-0.2, -0.15) is 0 Å². The van der Waals surface area contributed by atoms with Gasteiger partial charge in [0, 0.05) is 26.8 Å². The van der Waals surface area contributed by atoms with Crippen LogP contribution in [0.2, 0.25) is 0 Å². The number of ether oxygens (including phenoxy) is 2. The van der Waals surface area contributed by atoms with Gasteiger partial charge in [0.1, 0.15) is 0 Å². The van der Waals surface area contributed by atoms with E-state index in [1.165, 1.54) is 19.3 Å². The maximum Gasteiger partial charge on any atom is 0.0897 e. The zero-order valence-electron chi connectivity index (χ0n) is 10.3. The molecular weight excluding hydrogens is 206 g/mol. The Balaban J connectivity index is 1.79. The minimum atomic E-state index is -0.404. The normalized spacial score (nSPS) is 18.4. The van der Waals surface area contributed by atoms with E-state index in [2.05, 4.69) is 5.32 Å². The molecule has 0 aliphatic heterocycles. The van der Waals surface area contributed by atoms with Gasteiger partial charge in [-0.1, -0.05) is 19.3 Å². The third kappa shape index (κ3) is 6.43. The van der Waals surface area contributed by atoms with Crippen LogP contribution in [0.5, 0.6) is 0 Å². The molecule has 0 aromatic carbocycles. The summed E-state index contributed by atoms with van der Waals surface area (Å²) in [5, 5.41) is 12.7. The molecule has 1 aliphatic rings. The van der Waals surface area contributed by atoms with Crippen molar-refractivity contribution < 1.29 is 14.6 Å². The SMILES string of the molecule is COCCNCC(O)COCCC1CCC1. The molecule has 1 atom stereocenters. The molecule has 4 heteroatoms. The van der Waals surface area contributed by atoms with Crippen LogP contribution >= 0.6 is 0 Å². The van der Waals surface area contributed by atoms with E-state index in [9.17, 15) is 5.11 Å². The van der Waals surface area contributed by atoms with Crippen LogP contribution in [0, 0.1) is 5.92 Å². The molecule has 16 heavy (non-hydrogen) atoms. The van der Waals surface area contributed by atoms with Gasteiger partial charge in [0.15, 0.2) is 0 Å². The van der Waals surface area contributed by atoms with Crippen molar-refractivity contribution >= 4 is 0 Å². The van der Waals surface area contributed by atoms with Crippen molar-refractivity contribution in [3.05, 3.63) is 0 Å². The van der Waals surface area contributed by atoms with Crippen LogP contribution in [0.3, 0.4) is 0 Å². The second-order valence-electron chi connectivity index (χ2n) is 4.51. The molecule has 4 nitrogen and oxygen atoms in total. The van der Waals surface area contributed by atoms with E-state index in [1.54, 1.807) is 7.11 Å². The quantitative estimate of drug-likeness (QED) is 0.546. The summed E-state index contributed by atoms with van der Waals surface area (Å²) in [6, 6.07) is 0. The van der Waals surface area contributed by atoms with Crippen LogP contribution in [0.15, 0.2) is 0 Å². The third-order valence-electron chi connectivity index (χ3n) is 3.07. The summed E-state index contributed by atoms with van der Waals surface area (Å²) in [4.78, 5) is 0. The van der Waals surface area contributed by atoms with Crippen molar-refractivity contribution in [1.82, 2.24) is 5.32 Å². The molecule has 0 spiro atoms. The van der Waals surface area contributed by atoms with Crippen LogP contribution in [0.25, 0.3) is 0 Å². The van der Waals surface area contributed by atoms with Gasteiger partial charge < -0.3 is 19.9 Å². The van der Waals surface area contributed by atoms with Crippen LogP contribution in [0.1, 0.15) is 25.7 Å². The molecular formula is C12H25NO3. The fraction of sp³-hybridized carbons (Fsp3) is 1.00. The molecule has 0 radical (unpaired) electrons. The highest BCUT2D eigenvalue weighted by molar-refractivity contribution is 4.69. The lowest BCUT2D eigenvalue weighted by Gasteiger charge is -2.25. The summed E-state index contributed by atoms with van der Waals surface area (Å²) in [5.41, 5.74) is 0. The third-order valence-corrected chi connectivity index (χ3v) is 3.07. The smallest absolute Gasteiger partial charge is 0.0897 e. The Hall–Kier alpha value is -0.160. The monoisotopic (exact) mass is 231 g/mol. The van der Waals surface area contributed by atoms with Crippen molar-refractivity contribution in [2.45, 2.75) is 31.8 Å². The van der Waals surface area contributed by atoms with Gasteiger partial charge in [0.25, 0.3) is 0 Å². The topological polar surface area (TPSA) is 50.7 Å². The van der Waals surface area contributed by atoms with Gasteiger partial charge >= 0.3 is 0 Å². The van der Waals surface area contributed by atoms with Crippen molar-refractivity contribution in [3.8, 4) is 0 Å². The van der Waals surface area contributed by atoms with E-state index in [0.717, 1.165) is 25.5 Å². The van der Waals surface area contributed by atoms with Crippen molar-refractivity contribution in [2.24, 2.45) is 5.92 Å². The lowest BCUT2D eigenvalue weighted by Crippen LogP contribution is -2.32. The first-order chi connectivity index (χ1) is 7.83. The first-order valence-electron chi connectivity index (χ1n) is 6.28. The average Bonchev–Trinajstić information content (AvgIpc) is 2.21. The van der Waals surface area contributed by atoms with E-state index in [1.807, 2.05) is 0 Å². The van der Waals surface area contributed by atoms with Gasteiger partial charge in [-0.05, 0) is 12.3 Å². The largest absolute Gasteiger partial charge is 0.389 e. The maximum absolute atomic E-state index is 9.56. The number of methoxy groups -OCH3 is 1. The van der Waals surface area contributed by atoms with E-state index >= 15 is 0 Å². The minimum absolute atomic E-state index is 0.404. The minimum Gasteiger partial charge on any atom is -0.389 e. The lowest BCUT2D eigenvalue weighted by atomic mass is 9.83. The molecule has 1 aliphatic carbocycles. The van der Waals surface area contributed by atoms with Crippen LogP contribution < -0.4 is 5.32 Å². The summed E-state index contributed by atoms with van der Waals surface area (Å²) in [6.45, 7) is 3.25. The summed E-state index contributed by atoms with van der Waals surface area (Å²) < 4.78 is 10.3. The summed E-state index contributed by atoms with van der Waals surface area (Å²) in [7, 11) is 1.67. The fourth-order valence-corrected chi connectivity index (χ4v) is 1.75. The van der Waals surface area contributed by atoms with Gasteiger partial charge in [0.05, 0.1) is 19.3 Å². The second kappa shape index (κ2) is 8.93. The Bertz CT molecular complexity index is 162. The van der Waals surface area contributed by atoms with Gasteiger partial charge in [-0.3, -0.25) is 0 Å². The molecule has 0 amide bonds. The standard InChI is InChI=1S/C12H25NO3/c1-15-8-6-13-9-12(14)10-16-7-5-11-3-2-4-11/h11-14H,2-10H2,1H3. The number of aliphatic hydroxyl groups excluding tert-OH is 1. The van der Waals surface area contributed by atoms with Crippen LogP contribution in [-0.4, -0.2) is 51.2 Å². The number of rotatable bonds is 10. The van der Waals surface area contributed by atoms with E-state index in [4.69, 9.17) is 9.47 Å². The number of hydrogen-bond acceptors (Lipinski definition) is 4. The second-order valence-corrected chi connectivity index (χ2v) is 4.51. The predicted octanol–water partition coefficient (Wildman–Crippen LogP) is 0.790. The molecule has 0 saturated heterocycles. The molecule has 1 unspecified atom stereocenters. The van der Waals surface area contributed by atoms with Gasteiger partial charge in [0.2, 0.25) is 0 Å². The zero-order chi connectivity index (χ0) is 11.6. The van der Waals surface area contributed by atoms with Gasteiger partial charge in [-0.25, -0.2) is 0 Å². The van der Waals surface area contributed by atoms with Gasteiger partial charge in [-0.15, -0.1) is 0 Å². The molecule has 2 N–H and O–H groups in total.